The van der Waals surface area contributed by atoms with Crippen molar-refractivity contribution in [1.82, 2.24) is 5.32 Å². The van der Waals surface area contributed by atoms with Gasteiger partial charge in [0, 0.05) is 6.54 Å². The number of amides is 1. The molecule has 14 heavy (non-hydrogen) atoms. The van der Waals surface area contributed by atoms with E-state index in [1.807, 2.05) is 0 Å². The summed E-state index contributed by atoms with van der Waals surface area (Å²) in [5, 5.41) is 3.00. The van der Waals surface area contributed by atoms with Gasteiger partial charge in [-0.3, -0.25) is 4.79 Å². The average Bonchev–Trinajstić information content (AvgIpc) is 2.72. The molecular formula is C10H12ClNO2. The van der Waals surface area contributed by atoms with Crippen LogP contribution in [0.3, 0.4) is 0 Å². The summed E-state index contributed by atoms with van der Waals surface area (Å²) in [4.78, 5) is 11.5. The number of nitrogens with one attached hydrogen (secondary N) is 1. The van der Waals surface area contributed by atoms with E-state index in [9.17, 15) is 4.79 Å². The SMILES string of the molecule is CC1(CNC(=O)c2ccoc2Cl)CC1. The van der Waals surface area contributed by atoms with Crippen LogP contribution < -0.4 is 5.32 Å². The Bertz CT molecular complexity index is 355. The topological polar surface area (TPSA) is 42.2 Å². The Morgan fingerprint density at radius 2 is 2.43 bits per heavy atom. The van der Waals surface area contributed by atoms with Crippen LogP contribution >= 0.6 is 11.6 Å². The van der Waals surface area contributed by atoms with Gasteiger partial charge in [0.05, 0.1) is 11.8 Å². The molecule has 0 atom stereocenters. The fraction of sp³-hybridized carbons (Fsp3) is 0.500. The minimum atomic E-state index is -0.156. The van der Waals surface area contributed by atoms with Gasteiger partial charge < -0.3 is 9.73 Å². The normalized spacial score (nSPS) is 17.9. The Labute approximate surface area is 87.4 Å². The molecule has 1 N–H and O–H groups in total. The molecule has 1 saturated carbocycles. The summed E-state index contributed by atoms with van der Waals surface area (Å²) in [6.45, 7) is 2.87. The molecule has 0 spiro atoms. The highest BCUT2D eigenvalue weighted by molar-refractivity contribution is 6.32. The van der Waals surface area contributed by atoms with E-state index in [2.05, 4.69) is 12.2 Å². The van der Waals surface area contributed by atoms with E-state index in [1.54, 1.807) is 6.07 Å². The molecule has 0 radical (unpaired) electrons. The Morgan fingerprint density at radius 3 is 2.93 bits per heavy atom. The van der Waals surface area contributed by atoms with Gasteiger partial charge in [0.25, 0.3) is 5.91 Å². The minimum absolute atomic E-state index is 0.156. The van der Waals surface area contributed by atoms with E-state index in [1.165, 1.54) is 19.1 Å². The smallest absolute Gasteiger partial charge is 0.256 e. The fourth-order valence-corrected chi connectivity index (χ4v) is 1.44. The van der Waals surface area contributed by atoms with Crippen LogP contribution in [0.1, 0.15) is 30.1 Å². The number of furan rings is 1. The minimum Gasteiger partial charge on any atom is -0.452 e. The van der Waals surface area contributed by atoms with Crippen molar-refractivity contribution < 1.29 is 9.21 Å². The third kappa shape index (κ3) is 1.93. The standard InChI is InChI=1S/C10H12ClNO2/c1-10(3-4-10)6-12-9(13)7-2-5-14-8(7)11/h2,5H,3-4,6H2,1H3,(H,12,13). The van der Waals surface area contributed by atoms with Crippen LogP contribution in [0.25, 0.3) is 0 Å². The van der Waals surface area contributed by atoms with Crippen LogP contribution in [-0.2, 0) is 0 Å². The monoisotopic (exact) mass is 213 g/mol. The molecule has 76 valence electrons. The molecule has 0 unspecified atom stereocenters. The number of rotatable bonds is 3. The predicted octanol–water partition coefficient (Wildman–Crippen LogP) is 2.46. The zero-order chi connectivity index (χ0) is 10.2. The van der Waals surface area contributed by atoms with Gasteiger partial charge in [-0.25, -0.2) is 0 Å². The van der Waals surface area contributed by atoms with Gasteiger partial charge in [0.15, 0.2) is 0 Å². The van der Waals surface area contributed by atoms with Crippen molar-refractivity contribution in [3.8, 4) is 0 Å². The molecule has 4 heteroatoms. The van der Waals surface area contributed by atoms with Gasteiger partial charge in [-0.05, 0) is 35.9 Å². The Kier molecular flexibility index (Phi) is 2.27. The predicted molar refractivity (Wildman–Crippen MR) is 53.4 cm³/mol. The molecule has 2 rings (SSSR count). The van der Waals surface area contributed by atoms with Gasteiger partial charge >= 0.3 is 0 Å². The first-order chi connectivity index (χ1) is 6.61. The van der Waals surface area contributed by atoms with Crippen molar-refractivity contribution in [2.24, 2.45) is 5.41 Å². The first-order valence-electron chi connectivity index (χ1n) is 4.62. The molecule has 1 heterocycles. The third-order valence-corrected chi connectivity index (χ3v) is 2.93. The van der Waals surface area contributed by atoms with Crippen molar-refractivity contribution in [1.29, 1.82) is 0 Å². The maximum atomic E-state index is 11.5. The van der Waals surface area contributed by atoms with E-state index in [0.717, 1.165) is 0 Å². The molecule has 1 aromatic heterocycles. The Balaban J connectivity index is 1.93. The molecule has 3 nitrogen and oxygen atoms in total. The lowest BCUT2D eigenvalue weighted by molar-refractivity contribution is 0.0945. The molecule has 0 aliphatic heterocycles. The first-order valence-corrected chi connectivity index (χ1v) is 5.00. The maximum absolute atomic E-state index is 11.5. The maximum Gasteiger partial charge on any atom is 0.256 e. The van der Waals surface area contributed by atoms with Gasteiger partial charge in [0.1, 0.15) is 0 Å². The summed E-state index contributed by atoms with van der Waals surface area (Å²) in [6, 6.07) is 1.58. The van der Waals surface area contributed by atoms with Crippen molar-refractivity contribution in [2.45, 2.75) is 19.8 Å². The summed E-state index contributed by atoms with van der Waals surface area (Å²) >= 11 is 5.67. The molecule has 0 bridgehead atoms. The molecule has 1 aromatic rings. The number of halogens is 1. The van der Waals surface area contributed by atoms with E-state index in [0.29, 0.717) is 17.5 Å². The van der Waals surface area contributed by atoms with Gasteiger partial charge in [-0.1, -0.05) is 6.92 Å². The highest BCUT2D eigenvalue weighted by Crippen LogP contribution is 2.44. The molecule has 1 fully saturated rings. The number of carbonyl (C=O) groups excluding carboxylic acids is 1. The van der Waals surface area contributed by atoms with Crippen molar-refractivity contribution in [3.63, 3.8) is 0 Å². The Morgan fingerprint density at radius 1 is 1.71 bits per heavy atom. The van der Waals surface area contributed by atoms with E-state index in [4.69, 9.17) is 16.0 Å². The lowest BCUT2D eigenvalue weighted by atomic mass is 10.1. The van der Waals surface area contributed by atoms with Crippen LogP contribution in [0.15, 0.2) is 16.7 Å². The van der Waals surface area contributed by atoms with E-state index >= 15 is 0 Å². The summed E-state index contributed by atoms with van der Waals surface area (Å²) in [5.74, 6) is -0.156. The quantitative estimate of drug-likeness (QED) is 0.838. The van der Waals surface area contributed by atoms with Crippen molar-refractivity contribution in [3.05, 3.63) is 23.1 Å². The Hall–Kier alpha value is -0.960. The van der Waals surface area contributed by atoms with E-state index in [-0.39, 0.29) is 11.1 Å². The van der Waals surface area contributed by atoms with Crippen LogP contribution in [0.4, 0.5) is 0 Å². The second-order valence-electron chi connectivity index (χ2n) is 4.10. The van der Waals surface area contributed by atoms with Crippen molar-refractivity contribution in [2.75, 3.05) is 6.54 Å². The summed E-state index contributed by atoms with van der Waals surface area (Å²) in [5.41, 5.74) is 0.724. The first kappa shape index (κ1) is 9.59. The summed E-state index contributed by atoms with van der Waals surface area (Å²) in [6.07, 6.45) is 3.79. The molecular weight excluding hydrogens is 202 g/mol. The van der Waals surface area contributed by atoms with Gasteiger partial charge in [-0.15, -0.1) is 0 Å². The van der Waals surface area contributed by atoms with Crippen molar-refractivity contribution >= 4 is 17.5 Å². The number of carbonyl (C=O) groups is 1. The van der Waals surface area contributed by atoms with Crippen LogP contribution in [-0.4, -0.2) is 12.5 Å². The number of hydrogen-bond donors (Lipinski definition) is 1. The molecule has 1 amide bonds. The molecule has 0 aromatic carbocycles. The van der Waals surface area contributed by atoms with Crippen LogP contribution in [0.5, 0.6) is 0 Å². The zero-order valence-electron chi connectivity index (χ0n) is 7.97. The van der Waals surface area contributed by atoms with E-state index < -0.39 is 0 Å². The lowest BCUT2D eigenvalue weighted by Crippen LogP contribution is -2.28. The van der Waals surface area contributed by atoms with Gasteiger partial charge in [0.2, 0.25) is 5.22 Å². The second-order valence-corrected chi connectivity index (χ2v) is 4.44. The highest BCUT2D eigenvalue weighted by Gasteiger charge is 2.37. The lowest BCUT2D eigenvalue weighted by Gasteiger charge is -2.08. The second kappa shape index (κ2) is 3.31. The largest absolute Gasteiger partial charge is 0.452 e. The van der Waals surface area contributed by atoms with Gasteiger partial charge in [-0.2, -0.15) is 0 Å². The van der Waals surface area contributed by atoms with Crippen LogP contribution in [0.2, 0.25) is 5.22 Å². The third-order valence-electron chi connectivity index (χ3n) is 2.64. The fourth-order valence-electron chi connectivity index (χ4n) is 1.23. The average molecular weight is 214 g/mol. The zero-order valence-corrected chi connectivity index (χ0v) is 8.73. The van der Waals surface area contributed by atoms with Crippen LogP contribution in [0, 0.1) is 5.41 Å². The number of hydrogen-bond acceptors (Lipinski definition) is 2. The molecule has 1 aliphatic rings. The summed E-state index contributed by atoms with van der Waals surface area (Å²) < 4.78 is 4.84. The molecule has 1 aliphatic carbocycles. The highest BCUT2D eigenvalue weighted by atomic mass is 35.5. The summed E-state index contributed by atoms with van der Waals surface area (Å²) in [7, 11) is 0. The molecule has 0 saturated heterocycles.